The van der Waals surface area contributed by atoms with Crippen LogP contribution in [-0.2, 0) is 16.8 Å². The number of rotatable bonds is 4. The van der Waals surface area contributed by atoms with E-state index in [0.717, 1.165) is 5.56 Å². The summed E-state index contributed by atoms with van der Waals surface area (Å²) in [6, 6.07) is 13.3. The minimum atomic E-state index is -0.508. The number of nitro benzene ring substituents is 1. The maximum atomic E-state index is 11.9. The van der Waals surface area contributed by atoms with Gasteiger partial charge in [-0.3, -0.25) is 10.1 Å². The van der Waals surface area contributed by atoms with Gasteiger partial charge in [-0.05, 0) is 28.7 Å². The lowest BCUT2D eigenvalue weighted by molar-refractivity contribution is -0.384. The Morgan fingerprint density at radius 3 is 2.09 bits per heavy atom. The number of hydrogen-bond donors (Lipinski definition) is 0. The molecule has 0 saturated carbocycles. The lowest BCUT2D eigenvalue weighted by atomic mass is 9.87. The molecule has 5 heteroatoms. The summed E-state index contributed by atoms with van der Waals surface area (Å²) in [5.41, 5.74) is 2.42. The maximum absolute atomic E-state index is 11.9. The van der Waals surface area contributed by atoms with Gasteiger partial charge in [0, 0.05) is 12.1 Å². The summed E-state index contributed by atoms with van der Waals surface area (Å²) in [6.45, 7) is 6.57. The zero-order chi connectivity index (χ0) is 17.0. The van der Waals surface area contributed by atoms with E-state index in [9.17, 15) is 14.9 Å². The summed E-state index contributed by atoms with van der Waals surface area (Å²) in [5, 5.41) is 10.6. The number of carbonyl (C=O) groups is 1. The van der Waals surface area contributed by atoms with Crippen LogP contribution in [0.15, 0.2) is 48.5 Å². The van der Waals surface area contributed by atoms with Gasteiger partial charge in [-0.15, -0.1) is 0 Å². The molecule has 23 heavy (non-hydrogen) atoms. The summed E-state index contributed by atoms with van der Waals surface area (Å²) < 4.78 is 5.23. The fourth-order valence-electron chi connectivity index (χ4n) is 2.05. The molecule has 120 valence electrons. The van der Waals surface area contributed by atoms with Crippen LogP contribution in [0.5, 0.6) is 0 Å². The molecule has 2 rings (SSSR count). The van der Waals surface area contributed by atoms with Crippen LogP contribution in [-0.4, -0.2) is 10.9 Å². The van der Waals surface area contributed by atoms with Gasteiger partial charge in [0.25, 0.3) is 5.69 Å². The van der Waals surface area contributed by atoms with Crippen molar-refractivity contribution in [2.45, 2.75) is 32.8 Å². The minimum Gasteiger partial charge on any atom is -0.457 e. The van der Waals surface area contributed by atoms with Gasteiger partial charge < -0.3 is 4.74 Å². The van der Waals surface area contributed by atoms with Gasteiger partial charge in [0.15, 0.2) is 0 Å². The van der Waals surface area contributed by atoms with Crippen LogP contribution in [0, 0.1) is 10.1 Å². The lowest BCUT2D eigenvalue weighted by Crippen LogP contribution is -2.11. The fourth-order valence-corrected chi connectivity index (χ4v) is 2.05. The van der Waals surface area contributed by atoms with Crippen LogP contribution in [0.25, 0.3) is 0 Å². The van der Waals surface area contributed by atoms with E-state index in [1.54, 1.807) is 0 Å². The van der Waals surface area contributed by atoms with E-state index in [2.05, 4.69) is 20.8 Å². The van der Waals surface area contributed by atoms with E-state index in [-0.39, 0.29) is 17.7 Å². The maximum Gasteiger partial charge on any atom is 0.338 e. The highest BCUT2D eigenvalue weighted by molar-refractivity contribution is 5.89. The van der Waals surface area contributed by atoms with Crippen LogP contribution in [0.2, 0.25) is 0 Å². The van der Waals surface area contributed by atoms with Crippen molar-refractivity contribution in [1.82, 2.24) is 0 Å². The van der Waals surface area contributed by atoms with Gasteiger partial charge >= 0.3 is 5.97 Å². The quantitative estimate of drug-likeness (QED) is 0.480. The van der Waals surface area contributed by atoms with E-state index >= 15 is 0 Å². The number of benzene rings is 2. The standard InChI is InChI=1S/C18H19NO4/c1-18(2,3)15-8-4-13(5-9-15)12-23-17(20)14-6-10-16(11-7-14)19(21)22/h4-11H,12H2,1-3H3. The van der Waals surface area contributed by atoms with Gasteiger partial charge in [0.1, 0.15) is 6.61 Å². The smallest absolute Gasteiger partial charge is 0.338 e. The first-order valence-electron chi connectivity index (χ1n) is 7.28. The van der Waals surface area contributed by atoms with Gasteiger partial charge in [-0.25, -0.2) is 4.79 Å². The Morgan fingerprint density at radius 1 is 1.04 bits per heavy atom. The lowest BCUT2D eigenvalue weighted by Gasteiger charge is -2.19. The Morgan fingerprint density at radius 2 is 1.61 bits per heavy atom. The van der Waals surface area contributed by atoms with Crippen LogP contribution in [0.3, 0.4) is 0 Å². The van der Waals surface area contributed by atoms with Crippen molar-refractivity contribution in [2.75, 3.05) is 0 Å². The molecule has 0 amide bonds. The van der Waals surface area contributed by atoms with Crippen LogP contribution in [0.4, 0.5) is 5.69 Å². The third-order valence-electron chi connectivity index (χ3n) is 3.50. The molecule has 0 unspecified atom stereocenters. The number of ether oxygens (including phenoxy) is 1. The first kappa shape index (κ1) is 16.7. The Hall–Kier alpha value is -2.69. The molecule has 0 aliphatic carbocycles. The first-order valence-corrected chi connectivity index (χ1v) is 7.28. The highest BCUT2D eigenvalue weighted by Crippen LogP contribution is 2.22. The molecule has 2 aromatic rings. The van der Waals surface area contributed by atoms with E-state index < -0.39 is 10.9 Å². The molecule has 0 aromatic heterocycles. The zero-order valence-electron chi connectivity index (χ0n) is 13.4. The van der Waals surface area contributed by atoms with E-state index in [4.69, 9.17) is 4.74 Å². The third kappa shape index (κ3) is 4.39. The summed E-state index contributed by atoms with van der Waals surface area (Å²) in [6.07, 6.45) is 0. The second-order valence-corrected chi connectivity index (χ2v) is 6.33. The van der Waals surface area contributed by atoms with Crippen molar-refractivity contribution < 1.29 is 14.5 Å². The van der Waals surface area contributed by atoms with E-state index in [1.165, 1.54) is 29.8 Å². The van der Waals surface area contributed by atoms with Gasteiger partial charge in [-0.2, -0.15) is 0 Å². The molecule has 0 aliphatic rings. The number of carbonyl (C=O) groups excluding carboxylic acids is 1. The van der Waals surface area contributed by atoms with Gasteiger partial charge in [0.05, 0.1) is 10.5 Å². The summed E-state index contributed by atoms with van der Waals surface area (Å²) >= 11 is 0. The summed E-state index contributed by atoms with van der Waals surface area (Å²) in [4.78, 5) is 22.0. The molecular weight excluding hydrogens is 294 g/mol. The highest BCUT2D eigenvalue weighted by atomic mass is 16.6. The van der Waals surface area contributed by atoms with Crippen molar-refractivity contribution in [3.63, 3.8) is 0 Å². The molecule has 2 aromatic carbocycles. The molecule has 0 saturated heterocycles. The van der Waals surface area contributed by atoms with Crippen LogP contribution < -0.4 is 0 Å². The Bertz CT molecular complexity index is 697. The number of nitro groups is 1. The minimum absolute atomic E-state index is 0.0562. The highest BCUT2D eigenvalue weighted by Gasteiger charge is 2.14. The average molecular weight is 313 g/mol. The topological polar surface area (TPSA) is 69.4 Å². The van der Waals surface area contributed by atoms with Crippen molar-refractivity contribution in [3.05, 3.63) is 75.3 Å². The van der Waals surface area contributed by atoms with Crippen molar-refractivity contribution in [3.8, 4) is 0 Å². The van der Waals surface area contributed by atoms with Gasteiger partial charge in [0.2, 0.25) is 0 Å². The van der Waals surface area contributed by atoms with Crippen molar-refractivity contribution in [2.24, 2.45) is 0 Å². The summed E-state index contributed by atoms with van der Waals surface area (Å²) in [7, 11) is 0. The monoisotopic (exact) mass is 313 g/mol. The molecule has 0 atom stereocenters. The average Bonchev–Trinajstić information content (AvgIpc) is 2.52. The first-order chi connectivity index (χ1) is 10.8. The number of non-ortho nitro benzene ring substituents is 1. The SMILES string of the molecule is CC(C)(C)c1ccc(COC(=O)c2ccc([N+](=O)[O-])cc2)cc1. The van der Waals surface area contributed by atoms with E-state index in [0.29, 0.717) is 5.56 Å². The molecule has 0 spiro atoms. The van der Waals surface area contributed by atoms with Crippen LogP contribution in [0.1, 0.15) is 42.3 Å². The second-order valence-electron chi connectivity index (χ2n) is 6.33. The molecule has 0 N–H and O–H groups in total. The van der Waals surface area contributed by atoms with Gasteiger partial charge in [-0.1, -0.05) is 45.0 Å². The zero-order valence-corrected chi connectivity index (χ0v) is 13.4. The predicted octanol–water partition coefficient (Wildman–Crippen LogP) is 4.25. The molecule has 0 aliphatic heterocycles. The molecule has 0 bridgehead atoms. The number of nitrogens with zero attached hydrogens (tertiary/aromatic N) is 1. The number of hydrogen-bond acceptors (Lipinski definition) is 4. The Balaban J connectivity index is 1.97. The molecule has 0 heterocycles. The molecule has 5 nitrogen and oxygen atoms in total. The predicted molar refractivity (Wildman–Crippen MR) is 87.4 cm³/mol. The van der Waals surface area contributed by atoms with Crippen molar-refractivity contribution >= 4 is 11.7 Å². The van der Waals surface area contributed by atoms with Crippen molar-refractivity contribution in [1.29, 1.82) is 0 Å². The molecule has 0 radical (unpaired) electrons. The molecular formula is C18H19NO4. The number of esters is 1. The van der Waals surface area contributed by atoms with E-state index in [1.807, 2.05) is 24.3 Å². The third-order valence-corrected chi connectivity index (χ3v) is 3.50. The Labute approximate surface area is 135 Å². The summed E-state index contributed by atoms with van der Waals surface area (Å²) in [5.74, 6) is -0.500. The Kier molecular flexibility index (Phi) is 4.79. The fraction of sp³-hybridized carbons (Fsp3) is 0.278. The molecule has 0 fully saturated rings. The normalized spacial score (nSPS) is 11.1. The second kappa shape index (κ2) is 6.60. The van der Waals surface area contributed by atoms with Crippen LogP contribution >= 0.6 is 0 Å². The largest absolute Gasteiger partial charge is 0.457 e.